The monoisotopic (exact) mass is 590 g/mol. The van der Waals surface area contributed by atoms with E-state index in [0.29, 0.717) is 17.9 Å². The number of rotatable bonds is 8. The number of alkyl halides is 2. The fourth-order valence-corrected chi connectivity index (χ4v) is 7.02. The molecule has 1 amide bonds. The van der Waals surface area contributed by atoms with Crippen LogP contribution in [0.1, 0.15) is 59.3 Å². The van der Waals surface area contributed by atoms with Crippen molar-refractivity contribution in [1.29, 1.82) is 0 Å². The zero-order valence-electron chi connectivity index (χ0n) is 23.4. The molecule has 1 aromatic heterocycles. The summed E-state index contributed by atoms with van der Waals surface area (Å²) < 4.78 is 61.2. The molecular formula is C32H32F2N4O3S. The van der Waals surface area contributed by atoms with Gasteiger partial charge in [0, 0.05) is 49.1 Å². The van der Waals surface area contributed by atoms with Gasteiger partial charge in [-0.3, -0.25) is 4.79 Å². The quantitative estimate of drug-likeness (QED) is 0.274. The van der Waals surface area contributed by atoms with Crippen LogP contribution in [0.15, 0.2) is 90.1 Å². The van der Waals surface area contributed by atoms with Crippen LogP contribution in [0, 0.1) is 12.8 Å². The first-order valence-electron chi connectivity index (χ1n) is 14.0. The Hall–Kier alpha value is -3.89. The number of benzene rings is 3. The van der Waals surface area contributed by atoms with E-state index < -0.39 is 28.4 Å². The number of amides is 1. The Morgan fingerprint density at radius 1 is 1.10 bits per heavy atom. The molecule has 1 N–H and O–H groups in total. The number of anilines is 1. The number of fused-ring (bicyclic) bond motifs is 1. The van der Waals surface area contributed by atoms with Gasteiger partial charge in [0.1, 0.15) is 5.82 Å². The van der Waals surface area contributed by atoms with E-state index in [1.165, 1.54) is 24.3 Å². The maximum Gasteiger partial charge on any atom is 0.273 e. The third-order valence-electron chi connectivity index (χ3n) is 8.31. The molecule has 0 spiro atoms. The Morgan fingerprint density at radius 2 is 1.83 bits per heavy atom. The summed E-state index contributed by atoms with van der Waals surface area (Å²) in [5.74, 6) is -2.77. The molecule has 7 nitrogen and oxygen atoms in total. The summed E-state index contributed by atoms with van der Waals surface area (Å²) in [6.45, 7) is 2.00. The highest BCUT2D eigenvalue weighted by Crippen LogP contribution is 2.50. The second-order valence-electron chi connectivity index (χ2n) is 11.2. The molecule has 2 aliphatic carbocycles. The smallest absolute Gasteiger partial charge is 0.273 e. The molecule has 0 saturated heterocycles. The van der Waals surface area contributed by atoms with Crippen molar-refractivity contribution in [3.05, 3.63) is 113 Å². The molecule has 0 bridgehead atoms. The van der Waals surface area contributed by atoms with Crippen LogP contribution in [-0.2, 0) is 34.3 Å². The van der Waals surface area contributed by atoms with Crippen molar-refractivity contribution in [2.24, 2.45) is 13.0 Å². The molecule has 1 heterocycles. The minimum Gasteiger partial charge on any atom is -0.337 e. The predicted octanol–water partition coefficient (Wildman–Crippen LogP) is 5.97. The van der Waals surface area contributed by atoms with Gasteiger partial charge in [-0.25, -0.2) is 26.9 Å². The van der Waals surface area contributed by atoms with Gasteiger partial charge in [0.25, 0.3) is 5.92 Å². The molecule has 3 aromatic carbocycles. The number of nitrogens with one attached hydrogen (secondary N) is 1. The molecule has 3 atom stereocenters. The lowest BCUT2D eigenvalue weighted by Crippen LogP contribution is -2.36. The number of carbonyl (C=O) groups excluding carboxylic acids is 1. The van der Waals surface area contributed by atoms with E-state index in [1.807, 2.05) is 48.9 Å². The van der Waals surface area contributed by atoms with Gasteiger partial charge in [-0.2, -0.15) is 0 Å². The van der Waals surface area contributed by atoms with Crippen LogP contribution in [0.3, 0.4) is 0 Å². The van der Waals surface area contributed by atoms with Crippen LogP contribution in [0.2, 0.25) is 0 Å². The van der Waals surface area contributed by atoms with E-state index in [9.17, 15) is 13.2 Å². The standard InChI is InChI=1S/C32H32F2N4O3S/c1-21-8-11-24(12-9-21)42(40,41)36-29-14-15-32(33,34)28-13-10-23(18-27(28)29)38(20-30-35-16-17-37(30)2)31(39)26-19-25(26)22-6-4-3-5-7-22/h3-13,16-18,25-26,29,36H,14-15,19-20H2,1-2H3/t25-,26+,29-/m1/s1. The van der Waals surface area contributed by atoms with Gasteiger partial charge in [-0.05, 0) is 61.1 Å². The summed E-state index contributed by atoms with van der Waals surface area (Å²) in [5.41, 5.74) is 2.37. The molecule has 42 heavy (non-hydrogen) atoms. The van der Waals surface area contributed by atoms with Crippen LogP contribution in [0.4, 0.5) is 14.5 Å². The summed E-state index contributed by atoms with van der Waals surface area (Å²) in [6, 6.07) is 19.7. The molecular weight excluding hydrogens is 558 g/mol. The summed E-state index contributed by atoms with van der Waals surface area (Å²) >= 11 is 0. The number of hydrogen-bond donors (Lipinski definition) is 1. The largest absolute Gasteiger partial charge is 0.337 e. The van der Waals surface area contributed by atoms with E-state index in [4.69, 9.17) is 0 Å². The Labute approximate surface area is 244 Å². The third kappa shape index (κ3) is 5.48. The molecule has 0 radical (unpaired) electrons. The van der Waals surface area contributed by atoms with Crippen molar-refractivity contribution in [3.8, 4) is 0 Å². The van der Waals surface area contributed by atoms with Gasteiger partial charge in [-0.1, -0.05) is 54.1 Å². The lowest BCUT2D eigenvalue weighted by Gasteiger charge is -2.33. The SMILES string of the molecule is Cc1ccc(S(=O)(=O)N[C@@H]2CCC(F)(F)c3ccc(N(Cc4nccn4C)C(=O)[C@H]4C[C@@H]4c4ccccc4)cc32)cc1. The number of aromatic nitrogens is 2. The molecule has 1 saturated carbocycles. The second-order valence-corrected chi connectivity index (χ2v) is 13.0. The zero-order chi connectivity index (χ0) is 29.6. The van der Waals surface area contributed by atoms with Gasteiger partial charge in [0.2, 0.25) is 15.9 Å². The maximum atomic E-state index is 15.1. The normalized spacial score (nSPS) is 21.0. The molecule has 2 aliphatic rings. The summed E-state index contributed by atoms with van der Waals surface area (Å²) in [5, 5.41) is 0. The number of hydrogen-bond acceptors (Lipinski definition) is 4. The Bertz CT molecular complexity index is 1720. The number of imidazole rings is 1. The van der Waals surface area contributed by atoms with Crippen molar-refractivity contribution in [1.82, 2.24) is 14.3 Å². The van der Waals surface area contributed by atoms with Crippen LogP contribution in [0.25, 0.3) is 0 Å². The Balaban J connectivity index is 1.36. The van der Waals surface area contributed by atoms with Crippen molar-refractivity contribution < 1.29 is 22.0 Å². The highest BCUT2D eigenvalue weighted by molar-refractivity contribution is 7.89. The highest BCUT2D eigenvalue weighted by Gasteiger charge is 2.47. The van der Waals surface area contributed by atoms with E-state index in [0.717, 1.165) is 11.1 Å². The van der Waals surface area contributed by atoms with Crippen LogP contribution in [0.5, 0.6) is 0 Å². The lowest BCUT2D eigenvalue weighted by atomic mass is 9.85. The molecule has 1 fully saturated rings. The first-order valence-corrected chi connectivity index (χ1v) is 15.5. The molecule has 10 heteroatoms. The van der Waals surface area contributed by atoms with Gasteiger partial charge in [0.05, 0.1) is 11.4 Å². The van der Waals surface area contributed by atoms with Crippen molar-refractivity contribution in [3.63, 3.8) is 0 Å². The van der Waals surface area contributed by atoms with Crippen molar-refractivity contribution >= 4 is 21.6 Å². The Kier molecular flexibility index (Phi) is 7.22. The first-order chi connectivity index (χ1) is 20.0. The number of nitrogens with zero attached hydrogens (tertiary/aromatic N) is 3. The summed E-state index contributed by atoms with van der Waals surface area (Å²) in [4.78, 5) is 20.0. The molecule has 0 aliphatic heterocycles. The van der Waals surface area contributed by atoms with Crippen LogP contribution in [-0.4, -0.2) is 23.9 Å². The molecule has 218 valence electrons. The summed E-state index contributed by atoms with van der Waals surface area (Å²) in [7, 11) is -2.15. The minimum absolute atomic E-state index is 0.0652. The molecule has 6 rings (SSSR count). The van der Waals surface area contributed by atoms with Gasteiger partial charge in [-0.15, -0.1) is 0 Å². The van der Waals surface area contributed by atoms with Crippen LogP contribution < -0.4 is 9.62 Å². The topological polar surface area (TPSA) is 84.3 Å². The average molecular weight is 591 g/mol. The number of carbonyl (C=O) groups is 1. The molecule has 4 aromatic rings. The average Bonchev–Trinajstić information content (AvgIpc) is 3.68. The lowest BCUT2D eigenvalue weighted by molar-refractivity contribution is -0.120. The number of sulfonamides is 1. The van der Waals surface area contributed by atoms with Gasteiger partial charge >= 0.3 is 0 Å². The number of halogens is 2. The van der Waals surface area contributed by atoms with E-state index in [2.05, 4.69) is 9.71 Å². The highest BCUT2D eigenvalue weighted by atomic mass is 32.2. The van der Waals surface area contributed by atoms with Crippen molar-refractivity contribution in [2.75, 3.05) is 4.90 Å². The van der Waals surface area contributed by atoms with E-state index in [-0.39, 0.29) is 46.7 Å². The van der Waals surface area contributed by atoms with E-state index >= 15 is 8.78 Å². The minimum atomic E-state index is -3.98. The predicted molar refractivity (Wildman–Crippen MR) is 155 cm³/mol. The van der Waals surface area contributed by atoms with E-state index in [1.54, 1.807) is 35.5 Å². The van der Waals surface area contributed by atoms with Crippen molar-refractivity contribution in [2.45, 2.75) is 55.5 Å². The van der Waals surface area contributed by atoms with Gasteiger partial charge in [0.15, 0.2) is 0 Å². The second kappa shape index (κ2) is 10.7. The first kappa shape index (κ1) is 28.2. The fourth-order valence-electron chi connectivity index (χ4n) is 5.77. The third-order valence-corrected chi connectivity index (χ3v) is 9.80. The zero-order valence-corrected chi connectivity index (χ0v) is 24.2. The summed E-state index contributed by atoms with van der Waals surface area (Å²) in [6.07, 6.45) is 3.55. The van der Waals surface area contributed by atoms with Gasteiger partial charge < -0.3 is 9.47 Å². The Morgan fingerprint density at radius 3 is 2.52 bits per heavy atom. The van der Waals surface area contributed by atoms with Crippen LogP contribution >= 0.6 is 0 Å². The maximum absolute atomic E-state index is 15.1. The number of aryl methyl sites for hydroxylation is 2. The molecule has 0 unspecified atom stereocenters. The fraction of sp³-hybridized carbons (Fsp3) is 0.312.